The molecule has 3 saturated carbocycles. The molecule has 0 atom stereocenters. The average Bonchev–Trinajstić information content (AvgIpc) is 2.48. The van der Waals surface area contributed by atoms with E-state index in [0.29, 0.717) is 25.9 Å². The number of carboxylic acids is 1. The Morgan fingerprint density at radius 1 is 1.05 bits per heavy atom. The van der Waals surface area contributed by atoms with Crippen LogP contribution in [0.15, 0.2) is 0 Å². The van der Waals surface area contributed by atoms with Crippen LogP contribution < -0.4 is 0 Å². The number of carbonyl (C=O) groups is 1. The van der Waals surface area contributed by atoms with Gasteiger partial charge in [-0.3, -0.25) is 4.79 Å². The number of aliphatic carboxylic acids is 1. The van der Waals surface area contributed by atoms with Crippen LogP contribution in [0.5, 0.6) is 0 Å². The topological polar surface area (TPSA) is 74.7 Å². The van der Waals surface area contributed by atoms with Crippen molar-refractivity contribution in [2.24, 2.45) is 17.3 Å². The third-order valence-corrected chi connectivity index (χ3v) is 8.06. The third kappa shape index (κ3) is 3.11. The molecule has 3 aliphatic carbocycles. The smallest absolute Gasteiger partial charge is 0.306 e. The summed E-state index contributed by atoms with van der Waals surface area (Å²) in [7, 11) is -3.24. The van der Waals surface area contributed by atoms with Gasteiger partial charge < -0.3 is 5.11 Å². The molecule has 0 unspecified atom stereocenters. The van der Waals surface area contributed by atoms with Crippen LogP contribution in [0.4, 0.5) is 0 Å². The van der Waals surface area contributed by atoms with Gasteiger partial charge in [0.2, 0.25) is 10.0 Å². The van der Waals surface area contributed by atoms with E-state index in [1.165, 1.54) is 19.3 Å². The SMILES string of the molecule is O=C(O)C1CCN(S(=O)(=O)CC23CCC(CC2)CC3)CC1. The number of hydrogen-bond donors (Lipinski definition) is 1. The van der Waals surface area contributed by atoms with Crippen molar-refractivity contribution >= 4 is 16.0 Å². The standard InChI is InChI=1S/C15H25NO4S/c17-14(18)13-4-9-16(10-5-13)21(19,20)11-15-6-1-12(2-7-15)3-8-15/h12-13H,1-11H2,(H,17,18). The molecule has 0 spiro atoms. The molecular weight excluding hydrogens is 290 g/mol. The van der Waals surface area contributed by atoms with E-state index in [0.717, 1.165) is 25.2 Å². The maximum Gasteiger partial charge on any atom is 0.306 e. The van der Waals surface area contributed by atoms with Crippen molar-refractivity contribution in [3.8, 4) is 0 Å². The van der Waals surface area contributed by atoms with E-state index in [1.807, 2.05) is 0 Å². The van der Waals surface area contributed by atoms with Crippen LogP contribution in [0.1, 0.15) is 51.4 Å². The van der Waals surface area contributed by atoms with Crippen LogP contribution in [0.25, 0.3) is 0 Å². The molecule has 4 rings (SSSR count). The highest BCUT2D eigenvalue weighted by molar-refractivity contribution is 7.89. The van der Waals surface area contributed by atoms with Crippen LogP contribution in [-0.2, 0) is 14.8 Å². The molecule has 21 heavy (non-hydrogen) atoms. The van der Waals surface area contributed by atoms with Gasteiger partial charge in [0, 0.05) is 13.1 Å². The quantitative estimate of drug-likeness (QED) is 0.862. The molecule has 0 radical (unpaired) electrons. The number of rotatable bonds is 4. The molecule has 0 amide bonds. The van der Waals surface area contributed by atoms with E-state index in [2.05, 4.69) is 0 Å². The Kier molecular flexibility index (Phi) is 4.03. The minimum absolute atomic E-state index is 0.0111. The van der Waals surface area contributed by atoms with Gasteiger partial charge >= 0.3 is 5.97 Å². The van der Waals surface area contributed by atoms with E-state index in [1.54, 1.807) is 4.31 Å². The molecule has 1 saturated heterocycles. The first-order chi connectivity index (χ1) is 9.90. The number of piperidine rings is 1. The number of carboxylic acid groups (broad SMARTS) is 1. The summed E-state index contributed by atoms with van der Waals surface area (Å²) in [5.41, 5.74) is 0.0111. The van der Waals surface area contributed by atoms with Crippen molar-refractivity contribution in [1.82, 2.24) is 4.31 Å². The zero-order chi connectivity index (χ0) is 15.1. The third-order valence-electron chi connectivity index (χ3n) is 5.93. The summed E-state index contributed by atoms with van der Waals surface area (Å²) in [5, 5.41) is 9.00. The van der Waals surface area contributed by atoms with Gasteiger partial charge in [-0.05, 0) is 62.7 Å². The number of fused-ring (bicyclic) bond motifs is 3. The van der Waals surface area contributed by atoms with Crippen molar-refractivity contribution in [1.29, 1.82) is 0 Å². The van der Waals surface area contributed by atoms with Crippen LogP contribution in [-0.4, -0.2) is 42.6 Å². The minimum Gasteiger partial charge on any atom is -0.481 e. The molecule has 0 aromatic rings. The number of hydrogen-bond acceptors (Lipinski definition) is 3. The molecule has 0 aromatic carbocycles. The zero-order valence-corrected chi connectivity index (χ0v) is 13.3. The number of nitrogens with zero attached hydrogens (tertiary/aromatic N) is 1. The summed E-state index contributed by atoms with van der Waals surface area (Å²) in [6.45, 7) is 0.746. The van der Waals surface area contributed by atoms with E-state index < -0.39 is 16.0 Å². The van der Waals surface area contributed by atoms with Crippen molar-refractivity contribution in [2.75, 3.05) is 18.8 Å². The maximum absolute atomic E-state index is 12.7. The van der Waals surface area contributed by atoms with E-state index >= 15 is 0 Å². The highest BCUT2D eigenvalue weighted by Crippen LogP contribution is 2.51. The molecule has 4 aliphatic rings. The molecule has 5 nitrogen and oxygen atoms in total. The Balaban J connectivity index is 1.63. The second-order valence-electron chi connectivity index (χ2n) is 7.25. The molecule has 0 aromatic heterocycles. The summed E-state index contributed by atoms with van der Waals surface area (Å²) < 4.78 is 26.9. The molecule has 6 heteroatoms. The Morgan fingerprint density at radius 3 is 2.05 bits per heavy atom. The Hall–Kier alpha value is -0.620. The Bertz CT molecular complexity index is 486. The summed E-state index contributed by atoms with van der Waals surface area (Å²) in [4.78, 5) is 11.0. The van der Waals surface area contributed by atoms with Crippen LogP contribution in [0, 0.1) is 17.3 Å². The lowest BCUT2D eigenvalue weighted by atomic mass is 9.62. The fourth-order valence-electron chi connectivity index (χ4n) is 4.41. The lowest BCUT2D eigenvalue weighted by Gasteiger charge is -2.47. The largest absolute Gasteiger partial charge is 0.481 e. The van der Waals surface area contributed by atoms with Gasteiger partial charge in [-0.1, -0.05) is 0 Å². The molecule has 4 fully saturated rings. The lowest BCUT2D eigenvalue weighted by molar-refractivity contribution is -0.142. The van der Waals surface area contributed by atoms with Crippen LogP contribution in [0.2, 0.25) is 0 Å². The van der Waals surface area contributed by atoms with Crippen LogP contribution >= 0.6 is 0 Å². The van der Waals surface area contributed by atoms with E-state index in [9.17, 15) is 13.2 Å². The summed E-state index contributed by atoms with van der Waals surface area (Å²) >= 11 is 0. The fraction of sp³-hybridized carbons (Fsp3) is 0.933. The molecule has 120 valence electrons. The normalized spacial score (nSPS) is 35.0. The van der Waals surface area contributed by atoms with Crippen molar-refractivity contribution < 1.29 is 18.3 Å². The van der Waals surface area contributed by atoms with E-state index in [4.69, 9.17) is 5.11 Å². The van der Waals surface area contributed by atoms with Crippen molar-refractivity contribution in [3.05, 3.63) is 0 Å². The highest BCUT2D eigenvalue weighted by Gasteiger charge is 2.44. The van der Waals surface area contributed by atoms with Gasteiger partial charge in [-0.2, -0.15) is 0 Å². The van der Waals surface area contributed by atoms with Crippen LogP contribution in [0.3, 0.4) is 0 Å². The predicted molar refractivity (Wildman–Crippen MR) is 79.3 cm³/mol. The zero-order valence-electron chi connectivity index (χ0n) is 12.5. The van der Waals surface area contributed by atoms with Gasteiger partial charge in [0.1, 0.15) is 0 Å². The molecular formula is C15H25NO4S. The van der Waals surface area contributed by atoms with Gasteiger partial charge in [0.15, 0.2) is 0 Å². The summed E-state index contributed by atoms with van der Waals surface area (Å²) in [5.74, 6) is -0.0540. The highest BCUT2D eigenvalue weighted by atomic mass is 32.2. The molecule has 1 aliphatic heterocycles. The number of sulfonamides is 1. The minimum atomic E-state index is -3.24. The predicted octanol–water partition coefficient (Wildman–Crippen LogP) is 2.08. The van der Waals surface area contributed by atoms with Gasteiger partial charge in [-0.15, -0.1) is 0 Å². The van der Waals surface area contributed by atoms with Crippen molar-refractivity contribution in [3.63, 3.8) is 0 Å². The van der Waals surface area contributed by atoms with Gasteiger partial charge in [-0.25, -0.2) is 12.7 Å². The molecule has 1 heterocycles. The summed E-state index contributed by atoms with van der Waals surface area (Å²) in [6.07, 6.45) is 7.64. The Morgan fingerprint density at radius 2 is 1.57 bits per heavy atom. The van der Waals surface area contributed by atoms with E-state index in [-0.39, 0.29) is 17.1 Å². The first-order valence-corrected chi connectivity index (χ1v) is 9.72. The van der Waals surface area contributed by atoms with Crippen molar-refractivity contribution in [2.45, 2.75) is 51.4 Å². The fourth-order valence-corrected chi connectivity index (χ4v) is 6.57. The van der Waals surface area contributed by atoms with Gasteiger partial charge in [0.05, 0.1) is 11.7 Å². The monoisotopic (exact) mass is 315 g/mol. The first-order valence-electron chi connectivity index (χ1n) is 8.11. The average molecular weight is 315 g/mol. The Labute approximate surface area is 126 Å². The second kappa shape index (κ2) is 5.54. The molecule has 2 bridgehead atoms. The second-order valence-corrected chi connectivity index (χ2v) is 9.22. The maximum atomic E-state index is 12.7. The first kappa shape index (κ1) is 15.3. The van der Waals surface area contributed by atoms with Gasteiger partial charge in [0.25, 0.3) is 0 Å². The summed E-state index contributed by atoms with van der Waals surface area (Å²) in [6, 6.07) is 0. The lowest BCUT2D eigenvalue weighted by Crippen LogP contribution is -2.47. The molecule has 1 N–H and O–H groups in total.